The standard InChI is InChI=1S/C24H33N7O/c1-17-13-18(2)27-24(26-17)30-11-5-7-19(15-30)23(32)28-20-8-9-22-21(14-20)25-16-31(22)12-6-10-29(3)4/h8-9,13-14,16,19H,5-7,10-12,15H2,1-4H3,(H,28,32)/t19-/m0/s1. The Morgan fingerprint density at radius 1 is 1.19 bits per heavy atom. The van der Waals surface area contributed by atoms with Crippen molar-refractivity contribution in [3.8, 4) is 0 Å². The zero-order chi connectivity index (χ0) is 22.7. The van der Waals surface area contributed by atoms with Crippen molar-refractivity contribution < 1.29 is 4.79 Å². The zero-order valence-electron chi connectivity index (χ0n) is 19.5. The van der Waals surface area contributed by atoms with Gasteiger partial charge in [-0.15, -0.1) is 0 Å². The first-order valence-electron chi connectivity index (χ1n) is 11.4. The summed E-state index contributed by atoms with van der Waals surface area (Å²) in [6, 6.07) is 7.95. The van der Waals surface area contributed by atoms with Crippen molar-refractivity contribution in [2.45, 2.75) is 39.7 Å². The van der Waals surface area contributed by atoms with Gasteiger partial charge in [0.2, 0.25) is 11.9 Å². The highest BCUT2D eigenvalue weighted by atomic mass is 16.1. The Balaban J connectivity index is 1.40. The van der Waals surface area contributed by atoms with Crippen LogP contribution in [0.3, 0.4) is 0 Å². The summed E-state index contributed by atoms with van der Waals surface area (Å²) in [5.74, 6) is 0.678. The normalized spacial score (nSPS) is 16.7. The molecule has 32 heavy (non-hydrogen) atoms. The molecule has 0 spiro atoms. The Morgan fingerprint density at radius 3 is 2.72 bits per heavy atom. The predicted molar refractivity (Wildman–Crippen MR) is 128 cm³/mol. The summed E-state index contributed by atoms with van der Waals surface area (Å²) in [5.41, 5.74) is 4.70. The molecular weight excluding hydrogens is 402 g/mol. The van der Waals surface area contributed by atoms with E-state index in [1.54, 1.807) is 0 Å². The predicted octanol–water partition coefficient (Wildman–Crippen LogP) is 3.25. The summed E-state index contributed by atoms with van der Waals surface area (Å²) in [7, 11) is 4.17. The molecule has 1 amide bonds. The Bertz CT molecular complexity index is 1070. The fourth-order valence-electron chi connectivity index (χ4n) is 4.34. The van der Waals surface area contributed by atoms with Crippen LogP contribution in [-0.2, 0) is 11.3 Å². The number of nitrogens with one attached hydrogen (secondary N) is 1. The van der Waals surface area contributed by atoms with Crippen molar-refractivity contribution >= 4 is 28.6 Å². The van der Waals surface area contributed by atoms with E-state index in [1.807, 2.05) is 44.4 Å². The first-order chi connectivity index (χ1) is 15.4. The summed E-state index contributed by atoms with van der Waals surface area (Å²) < 4.78 is 2.17. The Labute approximate surface area is 189 Å². The molecule has 8 heteroatoms. The largest absolute Gasteiger partial charge is 0.340 e. The van der Waals surface area contributed by atoms with E-state index in [4.69, 9.17) is 0 Å². The number of hydrogen-bond donors (Lipinski definition) is 1. The zero-order valence-corrected chi connectivity index (χ0v) is 19.5. The van der Waals surface area contributed by atoms with Gasteiger partial charge >= 0.3 is 0 Å². The molecule has 1 aromatic carbocycles. The molecule has 0 aliphatic carbocycles. The lowest BCUT2D eigenvalue weighted by molar-refractivity contribution is -0.120. The van der Waals surface area contributed by atoms with E-state index in [1.165, 1.54) is 0 Å². The van der Waals surface area contributed by atoms with Crippen LogP contribution in [0.25, 0.3) is 11.0 Å². The number of piperidine rings is 1. The van der Waals surface area contributed by atoms with Gasteiger partial charge in [0.1, 0.15) is 0 Å². The summed E-state index contributed by atoms with van der Waals surface area (Å²) in [5, 5.41) is 3.10. The second kappa shape index (κ2) is 9.65. The van der Waals surface area contributed by atoms with Crippen LogP contribution in [0, 0.1) is 19.8 Å². The Hall–Kier alpha value is -3.00. The van der Waals surface area contributed by atoms with E-state index in [2.05, 4.69) is 48.7 Å². The third-order valence-corrected chi connectivity index (χ3v) is 5.94. The lowest BCUT2D eigenvalue weighted by Crippen LogP contribution is -2.41. The average molecular weight is 436 g/mol. The van der Waals surface area contributed by atoms with Gasteiger partial charge in [-0.05, 0) is 78.0 Å². The van der Waals surface area contributed by atoms with Gasteiger partial charge in [-0.3, -0.25) is 4.79 Å². The molecule has 1 saturated heterocycles. The van der Waals surface area contributed by atoms with Gasteiger partial charge in [0.05, 0.1) is 23.3 Å². The van der Waals surface area contributed by atoms with Crippen LogP contribution in [0.5, 0.6) is 0 Å². The van der Waals surface area contributed by atoms with E-state index < -0.39 is 0 Å². The van der Waals surface area contributed by atoms with Crippen LogP contribution in [-0.4, -0.2) is 64.1 Å². The smallest absolute Gasteiger partial charge is 0.229 e. The molecule has 2 aromatic heterocycles. The maximum absolute atomic E-state index is 13.0. The minimum absolute atomic E-state index is 0.0452. The number of aromatic nitrogens is 4. The topological polar surface area (TPSA) is 79.2 Å². The number of aryl methyl sites for hydroxylation is 3. The molecule has 3 heterocycles. The van der Waals surface area contributed by atoms with Gasteiger partial charge in [-0.1, -0.05) is 0 Å². The molecule has 0 saturated carbocycles. The number of hydrogen-bond acceptors (Lipinski definition) is 6. The van der Waals surface area contributed by atoms with Crippen LogP contribution in [0.1, 0.15) is 30.7 Å². The van der Waals surface area contributed by atoms with Gasteiger partial charge in [0.15, 0.2) is 0 Å². The number of amides is 1. The number of nitrogens with zero attached hydrogens (tertiary/aromatic N) is 6. The number of carbonyl (C=O) groups excluding carboxylic acids is 1. The van der Waals surface area contributed by atoms with Gasteiger partial charge in [-0.2, -0.15) is 0 Å². The third-order valence-electron chi connectivity index (χ3n) is 5.94. The van der Waals surface area contributed by atoms with Crippen LogP contribution < -0.4 is 10.2 Å². The summed E-state index contributed by atoms with van der Waals surface area (Å²) in [6.07, 6.45) is 4.77. The number of imidazole rings is 1. The van der Waals surface area contributed by atoms with Crippen LogP contribution in [0.4, 0.5) is 11.6 Å². The Morgan fingerprint density at radius 2 is 1.97 bits per heavy atom. The molecule has 1 atom stereocenters. The highest BCUT2D eigenvalue weighted by molar-refractivity contribution is 5.95. The second-order valence-corrected chi connectivity index (χ2v) is 9.02. The molecule has 170 valence electrons. The number of fused-ring (bicyclic) bond motifs is 1. The molecule has 0 radical (unpaired) electrons. The highest BCUT2D eigenvalue weighted by Crippen LogP contribution is 2.24. The quantitative estimate of drug-likeness (QED) is 0.614. The molecule has 4 rings (SSSR count). The summed E-state index contributed by atoms with van der Waals surface area (Å²) >= 11 is 0. The van der Waals surface area contributed by atoms with Gasteiger partial charge < -0.3 is 19.7 Å². The van der Waals surface area contributed by atoms with Crippen molar-refractivity contribution in [3.63, 3.8) is 0 Å². The van der Waals surface area contributed by atoms with E-state index in [-0.39, 0.29) is 11.8 Å². The van der Waals surface area contributed by atoms with E-state index in [0.717, 1.165) is 73.0 Å². The first kappa shape index (κ1) is 22.2. The molecule has 0 bridgehead atoms. The van der Waals surface area contributed by atoms with E-state index >= 15 is 0 Å². The van der Waals surface area contributed by atoms with Crippen molar-refractivity contribution in [2.75, 3.05) is 43.9 Å². The maximum atomic E-state index is 13.0. The lowest BCUT2D eigenvalue weighted by atomic mass is 9.97. The highest BCUT2D eigenvalue weighted by Gasteiger charge is 2.27. The number of benzene rings is 1. The molecule has 0 unspecified atom stereocenters. The lowest BCUT2D eigenvalue weighted by Gasteiger charge is -2.32. The summed E-state index contributed by atoms with van der Waals surface area (Å²) in [6.45, 7) is 7.44. The molecule has 3 aromatic rings. The number of anilines is 2. The molecule has 1 aliphatic rings. The van der Waals surface area contributed by atoms with Gasteiger partial charge in [-0.25, -0.2) is 15.0 Å². The maximum Gasteiger partial charge on any atom is 0.229 e. The molecule has 1 aliphatic heterocycles. The SMILES string of the molecule is Cc1cc(C)nc(N2CCC[C@H](C(=O)Nc3ccc4c(c3)ncn4CCCN(C)C)C2)n1. The Kier molecular flexibility index (Phi) is 6.69. The monoisotopic (exact) mass is 435 g/mol. The molecule has 1 N–H and O–H groups in total. The van der Waals surface area contributed by atoms with Crippen LogP contribution in [0.15, 0.2) is 30.6 Å². The number of carbonyl (C=O) groups is 1. The number of rotatable bonds is 7. The fourth-order valence-corrected chi connectivity index (χ4v) is 4.34. The van der Waals surface area contributed by atoms with Crippen molar-refractivity contribution in [1.29, 1.82) is 0 Å². The van der Waals surface area contributed by atoms with Crippen LogP contribution >= 0.6 is 0 Å². The van der Waals surface area contributed by atoms with Crippen molar-refractivity contribution in [3.05, 3.63) is 42.0 Å². The minimum atomic E-state index is -0.0903. The average Bonchev–Trinajstić information content (AvgIpc) is 3.15. The second-order valence-electron chi connectivity index (χ2n) is 9.02. The third kappa shape index (κ3) is 5.24. The molecule has 1 fully saturated rings. The molecular formula is C24H33N7O. The fraction of sp³-hybridized carbons (Fsp3) is 0.500. The van der Waals surface area contributed by atoms with E-state index in [0.29, 0.717) is 6.54 Å². The minimum Gasteiger partial charge on any atom is -0.340 e. The van der Waals surface area contributed by atoms with Gasteiger partial charge in [0, 0.05) is 36.7 Å². The van der Waals surface area contributed by atoms with Crippen LogP contribution in [0.2, 0.25) is 0 Å². The van der Waals surface area contributed by atoms with Crippen molar-refractivity contribution in [1.82, 2.24) is 24.4 Å². The van der Waals surface area contributed by atoms with Crippen molar-refractivity contribution in [2.24, 2.45) is 5.92 Å². The summed E-state index contributed by atoms with van der Waals surface area (Å²) in [4.78, 5) is 31.0. The van der Waals surface area contributed by atoms with Gasteiger partial charge in [0.25, 0.3) is 0 Å². The van der Waals surface area contributed by atoms with E-state index in [9.17, 15) is 4.79 Å². The molecule has 8 nitrogen and oxygen atoms in total. The first-order valence-corrected chi connectivity index (χ1v) is 11.4.